The van der Waals surface area contributed by atoms with Crippen molar-refractivity contribution in [2.45, 2.75) is 32.4 Å². The van der Waals surface area contributed by atoms with Gasteiger partial charge < -0.3 is 0 Å². The van der Waals surface area contributed by atoms with Crippen LogP contribution in [0, 0.1) is 5.92 Å². The molecule has 4 heteroatoms. The van der Waals surface area contributed by atoms with Gasteiger partial charge in [-0.3, -0.25) is 0 Å². The average molecular weight is 165 g/mol. The second kappa shape index (κ2) is 3.34. The van der Waals surface area contributed by atoms with Crippen LogP contribution in [0.15, 0.2) is 0 Å². The Bertz CT molecular complexity index is 186. The molecule has 0 aromatic rings. The van der Waals surface area contributed by atoms with E-state index in [9.17, 15) is 8.42 Å². The molecule has 62 valence electrons. The monoisotopic (exact) mass is 165 g/mol. The Hall–Kier alpha value is -0.0900. The van der Waals surface area contributed by atoms with E-state index in [1.807, 2.05) is 13.8 Å². The highest BCUT2D eigenvalue weighted by Gasteiger charge is 2.20. The van der Waals surface area contributed by atoms with Crippen LogP contribution in [0.5, 0.6) is 0 Å². The third-order valence-corrected chi connectivity index (χ3v) is 3.46. The lowest BCUT2D eigenvalue weighted by atomic mass is 10.1. The lowest BCUT2D eigenvalue weighted by molar-refractivity contribution is 0.510. The van der Waals surface area contributed by atoms with Crippen molar-refractivity contribution in [1.82, 2.24) is 0 Å². The first-order valence-corrected chi connectivity index (χ1v) is 5.02. The number of hydrogen-bond acceptors (Lipinski definition) is 2. The van der Waals surface area contributed by atoms with Gasteiger partial charge in [0.2, 0.25) is 10.0 Å². The van der Waals surface area contributed by atoms with Crippen molar-refractivity contribution in [3.63, 3.8) is 0 Å². The molecule has 0 rings (SSSR count). The standard InChI is InChI=1S/C6H15NO2S/c1-4-5(2)6(3)10(7,8)9/h5-6H,4H2,1-3H3,(H2,7,8,9)/t5-,6+/m1/s1. The zero-order chi connectivity index (χ0) is 8.36. The molecular formula is C6H15NO2S. The first-order valence-electron chi connectivity index (χ1n) is 3.41. The quantitative estimate of drug-likeness (QED) is 0.669. The predicted molar refractivity (Wildman–Crippen MR) is 42.0 cm³/mol. The van der Waals surface area contributed by atoms with Crippen molar-refractivity contribution in [3.05, 3.63) is 0 Å². The normalized spacial score (nSPS) is 18.4. The van der Waals surface area contributed by atoms with Crippen LogP contribution < -0.4 is 5.14 Å². The Morgan fingerprint density at radius 3 is 1.90 bits per heavy atom. The predicted octanol–water partition coefficient (Wildman–Crippen LogP) is 0.710. The molecule has 0 aliphatic rings. The minimum absolute atomic E-state index is 0.148. The summed E-state index contributed by atoms with van der Waals surface area (Å²) < 4.78 is 21.4. The molecule has 0 fully saturated rings. The van der Waals surface area contributed by atoms with E-state index in [0.717, 1.165) is 6.42 Å². The lowest BCUT2D eigenvalue weighted by Gasteiger charge is -2.14. The fourth-order valence-electron chi connectivity index (χ4n) is 0.656. The Labute approximate surface area is 62.7 Å². The maximum atomic E-state index is 10.7. The van der Waals surface area contributed by atoms with Crippen molar-refractivity contribution >= 4 is 10.0 Å². The summed E-state index contributed by atoms with van der Waals surface area (Å²) in [5, 5.41) is 4.51. The highest BCUT2D eigenvalue weighted by atomic mass is 32.2. The van der Waals surface area contributed by atoms with Gasteiger partial charge in [-0.05, 0) is 12.8 Å². The van der Waals surface area contributed by atoms with Gasteiger partial charge in [0, 0.05) is 0 Å². The summed E-state index contributed by atoms with van der Waals surface area (Å²) in [5.74, 6) is 0.148. The smallest absolute Gasteiger partial charge is 0.211 e. The van der Waals surface area contributed by atoms with Crippen LogP contribution in [-0.4, -0.2) is 13.7 Å². The summed E-state index contributed by atoms with van der Waals surface area (Å²) in [5.41, 5.74) is 0. The van der Waals surface area contributed by atoms with Gasteiger partial charge in [0.15, 0.2) is 0 Å². The van der Waals surface area contributed by atoms with E-state index in [0.29, 0.717) is 0 Å². The largest absolute Gasteiger partial charge is 0.228 e. The molecule has 0 saturated heterocycles. The number of hydrogen-bond donors (Lipinski definition) is 1. The summed E-state index contributed by atoms with van der Waals surface area (Å²) in [7, 11) is -3.31. The average Bonchev–Trinajstić information content (AvgIpc) is 1.83. The number of primary sulfonamides is 1. The van der Waals surface area contributed by atoms with Gasteiger partial charge in [-0.2, -0.15) is 0 Å². The van der Waals surface area contributed by atoms with E-state index in [4.69, 9.17) is 5.14 Å². The van der Waals surface area contributed by atoms with E-state index in [1.165, 1.54) is 0 Å². The Morgan fingerprint density at radius 1 is 1.40 bits per heavy atom. The number of nitrogens with two attached hydrogens (primary N) is 1. The van der Waals surface area contributed by atoms with Gasteiger partial charge in [0.1, 0.15) is 0 Å². The van der Waals surface area contributed by atoms with Gasteiger partial charge in [-0.15, -0.1) is 0 Å². The molecule has 0 amide bonds. The lowest BCUT2D eigenvalue weighted by Crippen LogP contribution is -2.30. The van der Waals surface area contributed by atoms with Crippen molar-refractivity contribution in [3.8, 4) is 0 Å². The second-order valence-corrected chi connectivity index (χ2v) is 4.60. The first-order chi connectivity index (χ1) is 4.39. The van der Waals surface area contributed by atoms with E-state index in [2.05, 4.69) is 0 Å². The summed E-state index contributed by atoms with van der Waals surface area (Å²) in [6.07, 6.45) is 0.845. The molecule has 0 bridgehead atoms. The fraction of sp³-hybridized carbons (Fsp3) is 1.00. The molecule has 10 heavy (non-hydrogen) atoms. The highest BCUT2D eigenvalue weighted by molar-refractivity contribution is 7.89. The molecular weight excluding hydrogens is 150 g/mol. The number of sulfonamides is 1. The zero-order valence-corrected chi connectivity index (χ0v) is 7.48. The van der Waals surface area contributed by atoms with Gasteiger partial charge >= 0.3 is 0 Å². The van der Waals surface area contributed by atoms with Crippen LogP contribution in [0.25, 0.3) is 0 Å². The van der Waals surface area contributed by atoms with Gasteiger partial charge in [-0.1, -0.05) is 20.3 Å². The molecule has 0 heterocycles. The molecule has 3 nitrogen and oxygen atoms in total. The fourth-order valence-corrected chi connectivity index (χ4v) is 1.50. The van der Waals surface area contributed by atoms with Crippen LogP contribution in [-0.2, 0) is 10.0 Å². The zero-order valence-electron chi connectivity index (χ0n) is 6.66. The van der Waals surface area contributed by atoms with Crippen LogP contribution in [0.2, 0.25) is 0 Å². The summed E-state index contributed by atoms with van der Waals surface area (Å²) in [6, 6.07) is 0. The third-order valence-electron chi connectivity index (χ3n) is 1.96. The van der Waals surface area contributed by atoms with Gasteiger partial charge in [-0.25, -0.2) is 13.6 Å². The SMILES string of the molecule is CC[C@@H](C)[C@H](C)S(N)(=O)=O. The van der Waals surface area contributed by atoms with Crippen LogP contribution >= 0.6 is 0 Å². The molecule has 0 aromatic heterocycles. The second-order valence-electron chi connectivity index (χ2n) is 2.68. The van der Waals surface area contributed by atoms with Gasteiger partial charge in [0.25, 0.3) is 0 Å². The Balaban J connectivity index is 4.23. The molecule has 0 aliphatic carbocycles. The van der Waals surface area contributed by atoms with E-state index < -0.39 is 15.3 Å². The molecule has 0 aromatic carbocycles. The molecule has 0 saturated carbocycles. The van der Waals surface area contributed by atoms with Crippen LogP contribution in [0.1, 0.15) is 27.2 Å². The summed E-state index contributed by atoms with van der Waals surface area (Å²) in [4.78, 5) is 0. The van der Waals surface area contributed by atoms with Crippen LogP contribution in [0.4, 0.5) is 0 Å². The van der Waals surface area contributed by atoms with Crippen molar-refractivity contribution in [2.75, 3.05) is 0 Å². The summed E-state index contributed by atoms with van der Waals surface area (Å²) in [6.45, 7) is 5.48. The minimum atomic E-state index is -3.31. The van der Waals surface area contributed by atoms with E-state index in [-0.39, 0.29) is 5.92 Å². The maximum absolute atomic E-state index is 10.7. The molecule has 2 atom stereocenters. The molecule has 0 unspecified atom stereocenters. The van der Waals surface area contributed by atoms with E-state index >= 15 is 0 Å². The minimum Gasteiger partial charge on any atom is -0.228 e. The topological polar surface area (TPSA) is 60.2 Å². The van der Waals surface area contributed by atoms with Crippen molar-refractivity contribution in [2.24, 2.45) is 11.1 Å². The first kappa shape index (κ1) is 9.91. The Morgan fingerprint density at radius 2 is 1.80 bits per heavy atom. The number of rotatable bonds is 3. The van der Waals surface area contributed by atoms with Crippen molar-refractivity contribution < 1.29 is 8.42 Å². The van der Waals surface area contributed by atoms with E-state index in [1.54, 1.807) is 6.92 Å². The summed E-state index contributed by atoms with van der Waals surface area (Å²) >= 11 is 0. The third kappa shape index (κ3) is 2.66. The molecule has 2 N–H and O–H groups in total. The van der Waals surface area contributed by atoms with Crippen LogP contribution in [0.3, 0.4) is 0 Å². The van der Waals surface area contributed by atoms with Gasteiger partial charge in [0.05, 0.1) is 5.25 Å². The molecule has 0 aliphatic heterocycles. The maximum Gasteiger partial charge on any atom is 0.211 e. The molecule has 0 radical (unpaired) electrons. The highest BCUT2D eigenvalue weighted by Crippen LogP contribution is 2.12. The molecule has 0 spiro atoms. The van der Waals surface area contributed by atoms with Crippen molar-refractivity contribution in [1.29, 1.82) is 0 Å². The Kier molecular flexibility index (Phi) is 3.31.